The van der Waals surface area contributed by atoms with Crippen molar-refractivity contribution in [3.05, 3.63) is 18.2 Å². The van der Waals surface area contributed by atoms with Gasteiger partial charge >= 0.3 is 0 Å². The van der Waals surface area contributed by atoms with Gasteiger partial charge in [0.2, 0.25) is 0 Å². The van der Waals surface area contributed by atoms with Crippen molar-refractivity contribution >= 4 is 22.8 Å². The molecular formula is C16H22N2O2S. The number of nitrogens with one attached hydrogen (secondary N) is 1. The second-order valence-corrected chi connectivity index (χ2v) is 6.69. The maximum Gasteiger partial charge on any atom is 0.166 e. The van der Waals surface area contributed by atoms with E-state index in [1.54, 1.807) is 11.8 Å². The van der Waals surface area contributed by atoms with E-state index < -0.39 is 5.60 Å². The van der Waals surface area contributed by atoms with Crippen LogP contribution in [0.5, 0.6) is 5.75 Å². The standard InChI is InChI=1S/C16H22N2O2S/c1-2-20-12-6-7-13-14(10-12)18-15(17-13)21-11-16(19)8-4-3-5-9-16/h6-7,10,19H,2-5,8-9,11H2,1H3,(H,17,18). The first kappa shape index (κ1) is 14.7. The molecule has 1 aliphatic carbocycles. The van der Waals surface area contributed by atoms with Crippen LogP contribution in [0.2, 0.25) is 0 Å². The molecule has 0 unspecified atom stereocenters. The summed E-state index contributed by atoms with van der Waals surface area (Å²) in [6.45, 7) is 2.64. The molecule has 1 aromatic carbocycles. The molecule has 0 saturated heterocycles. The summed E-state index contributed by atoms with van der Waals surface area (Å²) in [6, 6.07) is 5.89. The molecule has 2 aromatic rings. The van der Waals surface area contributed by atoms with Crippen molar-refractivity contribution in [1.82, 2.24) is 9.97 Å². The van der Waals surface area contributed by atoms with Crippen molar-refractivity contribution in [3.8, 4) is 5.75 Å². The number of imidazole rings is 1. The molecule has 0 amide bonds. The van der Waals surface area contributed by atoms with Crippen molar-refractivity contribution < 1.29 is 9.84 Å². The lowest BCUT2D eigenvalue weighted by Gasteiger charge is -2.31. The number of nitrogens with zero attached hydrogens (tertiary/aromatic N) is 1. The predicted octanol–water partition coefficient (Wildman–Crippen LogP) is 3.75. The SMILES string of the molecule is CCOc1ccc2nc(SCC3(O)CCCCC3)[nH]c2c1. The minimum absolute atomic E-state index is 0.516. The Balaban J connectivity index is 1.69. The lowest BCUT2D eigenvalue weighted by Crippen LogP contribution is -2.34. The number of thioether (sulfide) groups is 1. The number of aliphatic hydroxyl groups is 1. The zero-order valence-electron chi connectivity index (χ0n) is 12.4. The molecule has 0 bridgehead atoms. The third-order valence-electron chi connectivity index (χ3n) is 4.00. The van der Waals surface area contributed by atoms with Gasteiger partial charge in [-0.25, -0.2) is 4.98 Å². The van der Waals surface area contributed by atoms with Gasteiger partial charge in [-0.05, 0) is 31.9 Å². The van der Waals surface area contributed by atoms with E-state index in [-0.39, 0.29) is 0 Å². The fourth-order valence-electron chi connectivity index (χ4n) is 2.85. The molecule has 0 radical (unpaired) electrons. The summed E-state index contributed by atoms with van der Waals surface area (Å²) < 4.78 is 5.50. The minimum atomic E-state index is -0.516. The second-order valence-electron chi connectivity index (χ2n) is 5.73. The molecule has 2 N–H and O–H groups in total. The van der Waals surface area contributed by atoms with Crippen molar-refractivity contribution in [2.75, 3.05) is 12.4 Å². The zero-order chi connectivity index (χ0) is 14.7. The van der Waals surface area contributed by atoms with Crippen LogP contribution in [0, 0.1) is 0 Å². The Morgan fingerprint density at radius 1 is 1.33 bits per heavy atom. The van der Waals surface area contributed by atoms with Gasteiger partial charge < -0.3 is 14.8 Å². The van der Waals surface area contributed by atoms with Gasteiger partial charge in [-0.1, -0.05) is 31.0 Å². The maximum absolute atomic E-state index is 10.5. The lowest BCUT2D eigenvalue weighted by molar-refractivity contribution is 0.0272. The fraction of sp³-hybridized carbons (Fsp3) is 0.562. The van der Waals surface area contributed by atoms with E-state index in [0.717, 1.165) is 47.6 Å². The summed E-state index contributed by atoms with van der Waals surface area (Å²) in [5.74, 6) is 1.57. The molecule has 1 aromatic heterocycles. The predicted molar refractivity (Wildman–Crippen MR) is 86.0 cm³/mol. The second kappa shape index (κ2) is 6.28. The minimum Gasteiger partial charge on any atom is -0.494 e. The summed E-state index contributed by atoms with van der Waals surface area (Å²) in [6.07, 6.45) is 5.34. The van der Waals surface area contributed by atoms with Crippen LogP contribution in [-0.2, 0) is 0 Å². The van der Waals surface area contributed by atoms with Gasteiger partial charge in [0.25, 0.3) is 0 Å². The molecule has 1 saturated carbocycles. The van der Waals surface area contributed by atoms with E-state index in [4.69, 9.17) is 4.74 Å². The quantitative estimate of drug-likeness (QED) is 0.826. The molecule has 3 rings (SSSR count). The summed E-state index contributed by atoms with van der Waals surface area (Å²) in [7, 11) is 0. The van der Waals surface area contributed by atoms with Crippen LogP contribution in [0.15, 0.2) is 23.4 Å². The number of ether oxygens (including phenoxy) is 1. The van der Waals surface area contributed by atoms with Crippen LogP contribution in [0.25, 0.3) is 11.0 Å². The van der Waals surface area contributed by atoms with Gasteiger partial charge in [0.1, 0.15) is 5.75 Å². The Hall–Kier alpha value is -1.20. The molecule has 4 nitrogen and oxygen atoms in total. The van der Waals surface area contributed by atoms with Gasteiger partial charge in [-0.15, -0.1) is 0 Å². The molecule has 1 aliphatic rings. The van der Waals surface area contributed by atoms with Gasteiger partial charge in [-0.2, -0.15) is 0 Å². The van der Waals surface area contributed by atoms with E-state index in [1.165, 1.54) is 6.42 Å². The third-order valence-corrected chi connectivity index (χ3v) is 5.15. The van der Waals surface area contributed by atoms with Crippen LogP contribution < -0.4 is 4.74 Å². The molecule has 21 heavy (non-hydrogen) atoms. The number of fused-ring (bicyclic) bond motifs is 1. The smallest absolute Gasteiger partial charge is 0.166 e. The lowest BCUT2D eigenvalue weighted by atomic mass is 9.86. The first-order chi connectivity index (χ1) is 10.2. The Kier molecular flexibility index (Phi) is 4.40. The van der Waals surface area contributed by atoms with Crippen molar-refractivity contribution in [2.24, 2.45) is 0 Å². The Morgan fingerprint density at radius 2 is 2.14 bits per heavy atom. The van der Waals surface area contributed by atoms with Crippen molar-refractivity contribution in [1.29, 1.82) is 0 Å². The topological polar surface area (TPSA) is 58.1 Å². The van der Waals surface area contributed by atoms with Gasteiger partial charge in [-0.3, -0.25) is 0 Å². The Labute approximate surface area is 129 Å². The molecule has 0 atom stereocenters. The van der Waals surface area contributed by atoms with E-state index in [9.17, 15) is 5.11 Å². The van der Waals surface area contributed by atoms with Gasteiger partial charge in [0, 0.05) is 11.8 Å². The monoisotopic (exact) mass is 306 g/mol. The normalized spacial score (nSPS) is 18.0. The largest absolute Gasteiger partial charge is 0.494 e. The fourth-order valence-corrected chi connectivity index (χ4v) is 3.89. The average molecular weight is 306 g/mol. The molecular weight excluding hydrogens is 284 g/mol. The van der Waals surface area contributed by atoms with E-state index in [2.05, 4.69) is 9.97 Å². The molecule has 0 spiro atoms. The van der Waals surface area contributed by atoms with Gasteiger partial charge in [0.05, 0.1) is 23.2 Å². The Morgan fingerprint density at radius 3 is 2.90 bits per heavy atom. The van der Waals surface area contributed by atoms with Crippen molar-refractivity contribution in [3.63, 3.8) is 0 Å². The molecule has 5 heteroatoms. The number of benzene rings is 1. The molecule has 0 aliphatic heterocycles. The number of aromatic amines is 1. The molecule has 114 valence electrons. The maximum atomic E-state index is 10.5. The van der Waals surface area contributed by atoms with E-state index >= 15 is 0 Å². The number of hydrogen-bond acceptors (Lipinski definition) is 4. The first-order valence-corrected chi connectivity index (χ1v) is 8.65. The van der Waals surface area contributed by atoms with Crippen LogP contribution in [0.4, 0.5) is 0 Å². The highest BCUT2D eigenvalue weighted by molar-refractivity contribution is 7.99. The third kappa shape index (κ3) is 3.52. The van der Waals surface area contributed by atoms with Crippen LogP contribution >= 0.6 is 11.8 Å². The highest BCUT2D eigenvalue weighted by atomic mass is 32.2. The number of H-pyrrole nitrogens is 1. The summed E-state index contributed by atoms with van der Waals surface area (Å²) in [4.78, 5) is 7.88. The number of rotatable bonds is 5. The highest BCUT2D eigenvalue weighted by Gasteiger charge is 2.29. The van der Waals surface area contributed by atoms with E-state index in [1.807, 2.05) is 25.1 Å². The van der Waals surface area contributed by atoms with Crippen molar-refractivity contribution in [2.45, 2.75) is 49.8 Å². The number of aromatic nitrogens is 2. The van der Waals surface area contributed by atoms with Crippen LogP contribution in [0.3, 0.4) is 0 Å². The first-order valence-electron chi connectivity index (χ1n) is 7.66. The summed E-state index contributed by atoms with van der Waals surface area (Å²) in [5.41, 5.74) is 1.41. The molecule has 1 heterocycles. The highest BCUT2D eigenvalue weighted by Crippen LogP contribution is 2.33. The van der Waals surface area contributed by atoms with Crippen LogP contribution in [0.1, 0.15) is 39.0 Å². The van der Waals surface area contributed by atoms with E-state index in [0.29, 0.717) is 12.4 Å². The van der Waals surface area contributed by atoms with Crippen LogP contribution in [-0.4, -0.2) is 33.0 Å². The summed E-state index contributed by atoms with van der Waals surface area (Å²) in [5, 5.41) is 11.4. The average Bonchev–Trinajstić information content (AvgIpc) is 2.89. The zero-order valence-corrected chi connectivity index (χ0v) is 13.2. The number of hydrogen-bond donors (Lipinski definition) is 2. The molecule has 1 fully saturated rings. The van der Waals surface area contributed by atoms with Gasteiger partial charge in [0.15, 0.2) is 5.16 Å². The summed E-state index contributed by atoms with van der Waals surface area (Å²) >= 11 is 1.61. The Bertz CT molecular complexity index is 605.